The highest BCUT2D eigenvalue weighted by atomic mass is 16.5. The van der Waals surface area contributed by atoms with Crippen molar-refractivity contribution in [3.8, 4) is 11.5 Å². The highest BCUT2D eigenvalue weighted by molar-refractivity contribution is 5.94. The Morgan fingerprint density at radius 1 is 1.10 bits per heavy atom. The molecule has 164 valence electrons. The molecule has 2 N–H and O–H groups in total. The van der Waals surface area contributed by atoms with Crippen LogP contribution >= 0.6 is 0 Å². The quantitative estimate of drug-likeness (QED) is 0.587. The second-order valence-electron chi connectivity index (χ2n) is 7.35. The molecule has 0 radical (unpaired) electrons. The second-order valence-corrected chi connectivity index (χ2v) is 7.35. The van der Waals surface area contributed by atoms with Gasteiger partial charge in [-0.05, 0) is 37.5 Å². The number of piperidine rings is 1. The van der Waals surface area contributed by atoms with E-state index in [0.29, 0.717) is 31.2 Å². The van der Waals surface area contributed by atoms with E-state index in [0.717, 1.165) is 24.5 Å². The predicted molar refractivity (Wildman–Crippen MR) is 115 cm³/mol. The maximum atomic E-state index is 11.7. The SMILES string of the molecule is CCOc1ccccc1O[C@H](c1ccccc1)[C@H]1CCCN(/C(=C/C(=O)O)C(=O)O)C1. The minimum absolute atomic E-state index is 0.0395. The van der Waals surface area contributed by atoms with Gasteiger partial charge in [-0.2, -0.15) is 0 Å². The van der Waals surface area contributed by atoms with Gasteiger partial charge in [0.25, 0.3) is 0 Å². The van der Waals surface area contributed by atoms with Crippen LogP contribution in [0.3, 0.4) is 0 Å². The predicted octanol–water partition coefficient (Wildman–Crippen LogP) is 3.97. The Labute approximate surface area is 181 Å². The van der Waals surface area contributed by atoms with Gasteiger partial charge in [0.2, 0.25) is 0 Å². The summed E-state index contributed by atoms with van der Waals surface area (Å²) < 4.78 is 12.2. The summed E-state index contributed by atoms with van der Waals surface area (Å²) >= 11 is 0. The first kappa shape index (κ1) is 22.2. The van der Waals surface area contributed by atoms with Crippen LogP contribution in [0.15, 0.2) is 66.4 Å². The lowest BCUT2D eigenvalue weighted by Crippen LogP contribution is -2.40. The minimum atomic E-state index is -1.28. The number of benzene rings is 2. The fourth-order valence-electron chi connectivity index (χ4n) is 3.92. The van der Waals surface area contributed by atoms with Gasteiger partial charge in [0, 0.05) is 19.0 Å². The number of aliphatic carboxylic acids is 2. The fourth-order valence-corrected chi connectivity index (χ4v) is 3.92. The number of rotatable bonds is 9. The number of carboxylic acids is 2. The average molecular weight is 425 g/mol. The van der Waals surface area contributed by atoms with E-state index in [1.54, 1.807) is 4.90 Å². The van der Waals surface area contributed by atoms with E-state index >= 15 is 0 Å². The summed E-state index contributed by atoms with van der Waals surface area (Å²) in [6.07, 6.45) is 1.97. The molecule has 0 aliphatic carbocycles. The first-order valence-corrected chi connectivity index (χ1v) is 10.4. The monoisotopic (exact) mass is 425 g/mol. The second kappa shape index (κ2) is 10.5. The molecule has 2 aromatic rings. The maximum absolute atomic E-state index is 11.7. The van der Waals surface area contributed by atoms with Crippen LogP contribution < -0.4 is 9.47 Å². The molecule has 0 unspecified atom stereocenters. The molecule has 1 heterocycles. The van der Waals surface area contributed by atoms with Crippen molar-refractivity contribution >= 4 is 11.9 Å². The molecule has 0 saturated carbocycles. The topological polar surface area (TPSA) is 96.3 Å². The van der Waals surface area contributed by atoms with Crippen molar-refractivity contribution in [3.05, 3.63) is 71.9 Å². The van der Waals surface area contributed by atoms with E-state index in [2.05, 4.69) is 0 Å². The third-order valence-corrected chi connectivity index (χ3v) is 5.24. The Hall–Kier alpha value is -3.48. The molecule has 1 aliphatic rings. The van der Waals surface area contributed by atoms with Crippen molar-refractivity contribution in [3.63, 3.8) is 0 Å². The van der Waals surface area contributed by atoms with Crippen molar-refractivity contribution in [2.75, 3.05) is 19.7 Å². The van der Waals surface area contributed by atoms with Crippen molar-refractivity contribution < 1.29 is 29.3 Å². The van der Waals surface area contributed by atoms with E-state index in [-0.39, 0.29) is 17.7 Å². The smallest absolute Gasteiger partial charge is 0.352 e. The van der Waals surface area contributed by atoms with Crippen LogP contribution in [0, 0.1) is 5.92 Å². The molecule has 7 nitrogen and oxygen atoms in total. The minimum Gasteiger partial charge on any atom is -0.490 e. The molecule has 31 heavy (non-hydrogen) atoms. The first-order chi connectivity index (χ1) is 15.0. The summed E-state index contributed by atoms with van der Waals surface area (Å²) in [5.41, 5.74) is 0.762. The maximum Gasteiger partial charge on any atom is 0.352 e. The largest absolute Gasteiger partial charge is 0.490 e. The van der Waals surface area contributed by atoms with Gasteiger partial charge in [0.15, 0.2) is 11.5 Å². The number of para-hydroxylation sites is 2. The molecule has 0 amide bonds. The normalized spacial score (nSPS) is 17.6. The van der Waals surface area contributed by atoms with Crippen LogP contribution in [-0.4, -0.2) is 46.7 Å². The van der Waals surface area contributed by atoms with E-state index < -0.39 is 11.9 Å². The number of carboxylic acid groups (broad SMARTS) is 2. The van der Waals surface area contributed by atoms with Gasteiger partial charge in [0.05, 0.1) is 12.7 Å². The number of hydrogen-bond donors (Lipinski definition) is 2. The zero-order valence-corrected chi connectivity index (χ0v) is 17.4. The molecular weight excluding hydrogens is 398 g/mol. The van der Waals surface area contributed by atoms with Crippen LogP contribution in [0.4, 0.5) is 0 Å². The van der Waals surface area contributed by atoms with Crippen molar-refractivity contribution in [2.45, 2.75) is 25.9 Å². The molecular formula is C24H27NO6. The highest BCUT2D eigenvalue weighted by Gasteiger charge is 2.33. The molecule has 1 aliphatic heterocycles. The molecule has 2 aromatic carbocycles. The Morgan fingerprint density at radius 3 is 2.42 bits per heavy atom. The Bertz CT molecular complexity index is 927. The lowest BCUT2D eigenvalue weighted by molar-refractivity contribution is -0.137. The number of carbonyl (C=O) groups is 2. The summed E-state index contributed by atoms with van der Waals surface area (Å²) in [7, 11) is 0. The molecule has 0 aromatic heterocycles. The van der Waals surface area contributed by atoms with Gasteiger partial charge in [-0.3, -0.25) is 0 Å². The molecule has 1 saturated heterocycles. The third kappa shape index (κ3) is 5.78. The van der Waals surface area contributed by atoms with Crippen molar-refractivity contribution in [1.29, 1.82) is 0 Å². The van der Waals surface area contributed by atoms with Crippen molar-refractivity contribution in [1.82, 2.24) is 4.90 Å². The van der Waals surface area contributed by atoms with Gasteiger partial charge in [-0.15, -0.1) is 0 Å². The van der Waals surface area contributed by atoms with Crippen LogP contribution in [-0.2, 0) is 9.59 Å². The first-order valence-electron chi connectivity index (χ1n) is 10.4. The van der Waals surface area contributed by atoms with Gasteiger partial charge in [-0.25, -0.2) is 9.59 Å². The van der Waals surface area contributed by atoms with E-state index in [9.17, 15) is 14.7 Å². The van der Waals surface area contributed by atoms with Gasteiger partial charge < -0.3 is 24.6 Å². The van der Waals surface area contributed by atoms with Crippen LogP contribution in [0.2, 0.25) is 0 Å². The molecule has 1 fully saturated rings. The van der Waals surface area contributed by atoms with Crippen LogP contribution in [0.1, 0.15) is 31.4 Å². The zero-order chi connectivity index (χ0) is 22.2. The lowest BCUT2D eigenvalue weighted by atomic mass is 9.88. The van der Waals surface area contributed by atoms with E-state index in [1.165, 1.54) is 0 Å². The van der Waals surface area contributed by atoms with Crippen LogP contribution in [0.5, 0.6) is 11.5 Å². The Morgan fingerprint density at radius 2 is 1.77 bits per heavy atom. The van der Waals surface area contributed by atoms with Crippen molar-refractivity contribution in [2.24, 2.45) is 5.92 Å². The Kier molecular flexibility index (Phi) is 7.54. The zero-order valence-electron chi connectivity index (χ0n) is 17.4. The molecule has 3 rings (SSSR count). The summed E-state index contributed by atoms with van der Waals surface area (Å²) in [5, 5.41) is 18.6. The summed E-state index contributed by atoms with van der Waals surface area (Å²) in [6, 6.07) is 17.2. The molecule has 0 spiro atoms. The number of hydrogen-bond acceptors (Lipinski definition) is 5. The van der Waals surface area contributed by atoms with Crippen LogP contribution in [0.25, 0.3) is 0 Å². The van der Waals surface area contributed by atoms with E-state index in [1.807, 2.05) is 61.5 Å². The van der Waals surface area contributed by atoms with Gasteiger partial charge >= 0.3 is 11.9 Å². The van der Waals surface area contributed by atoms with Gasteiger partial charge in [0.1, 0.15) is 11.8 Å². The highest BCUT2D eigenvalue weighted by Crippen LogP contribution is 2.38. The van der Waals surface area contributed by atoms with E-state index in [4.69, 9.17) is 14.6 Å². The summed E-state index contributed by atoms with van der Waals surface area (Å²) in [4.78, 5) is 24.4. The number of ether oxygens (including phenoxy) is 2. The lowest BCUT2D eigenvalue weighted by Gasteiger charge is -2.38. The van der Waals surface area contributed by atoms with Gasteiger partial charge in [-0.1, -0.05) is 42.5 Å². The molecule has 2 atom stereocenters. The average Bonchev–Trinajstić information content (AvgIpc) is 2.77. The number of nitrogens with zero attached hydrogens (tertiary/aromatic N) is 1. The molecule has 7 heteroatoms. The fraction of sp³-hybridized carbons (Fsp3) is 0.333. The standard InChI is InChI=1S/C24H27NO6/c1-2-30-20-12-6-7-13-21(20)31-23(17-9-4-3-5-10-17)18-11-8-14-25(16-18)19(24(28)29)15-22(26)27/h3-7,9-10,12-13,15,18,23H,2,8,11,14,16H2,1H3,(H,26,27)(H,28,29)/b19-15+/t18-,23+/m0/s1. The summed E-state index contributed by atoms with van der Waals surface area (Å²) in [6.45, 7) is 3.28. The molecule has 0 bridgehead atoms. The third-order valence-electron chi connectivity index (χ3n) is 5.24. The Balaban J connectivity index is 1.91. The number of likely N-dealkylation sites (tertiary alicyclic amines) is 1. The summed E-state index contributed by atoms with van der Waals surface area (Å²) in [5.74, 6) is -1.30.